The molecule has 0 N–H and O–H groups in total. The highest BCUT2D eigenvalue weighted by Gasteiger charge is 2.46. The van der Waals surface area contributed by atoms with Gasteiger partial charge in [-0.1, -0.05) is 13.3 Å². The van der Waals surface area contributed by atoms with Crippen LogP contribution in [0.2, 0.25) is 0 Å². The van der Waals surface area contributed by atoms with Crippen molar-refractivity contribution in [2.24, 2.45) is 23.7 Å². The molecule has 1 aliphatic carbocycles. The minimum atomic E-state index is 0.115. The predicted octanol–water partition coefficient (Wildman–Crippen LogP) is 3.21. The second-order valence-electron chi connectivity index (χ2n) is 6.14. The second kappa shape index (κ2) is 4.30. The van der Waals surface area contributed by atoms with E-state index >= 15 is 0 Å². The fourth-order valence-corrected chi connectivity index (χ4v) is 4.13. The third-order valence-electron chi connectivity index (χ3n) is 5.03. The standard InChI is InChI=1S/C14H24O2/c1-9-8-15-14-13-11(4-3-5-12(9)13)7-6-10(2)16-14/h9-14H,3-8H2,1-2H3/t9-,10?,11+,12-,13?,14+/m0/s1. The molecule has 0 aromatic rings. The molecule has 3 aliphatic rings. The Labute approximate surface area is 98.7 Å². The van der Waals surface area contributed by atoms with Crippen LogP contribution >= 0.6 is 0 Å². The molecule has 0 aromatic heterocycles. The average Bonchev–Trinajstić information content (AvgIpc) is 2.45. The van der Waals surface area contributed by atoms with Crippen molar-refractivity contribution >= 4 is 0 Å². The number of ether oxygens (including phenoxy) is 2. The molecule has 3 fully saturated rings. The monoisotopic (exact) mass is 224 g/mol. The van der Waals surface area contributed by atoms with Crippen molar-refractivity contribution in [1.29, 1.82) is 0 Å². The molecule has 2 heteroatoms. The zero-order chi connectivity index (χ0) is 11.1. The van der Waals surface area contributed by atoms with Crippen LogP contribution in [0.5, 0.6) is 0 Å². The first kappa shape index (κ1) is 11.0. The summed E-state index contributed by atoms with van der Waals surface area (Å²) < 4.78 is 12.0. The summed E-state index contributed by atoms with van der Waals surface area (Å²) in [6.07, 6.45) is 7.33. The maximum atomic E-state index is 6.08. The molecule has 2 nitrogen and oxygen atoms in total. The number of hydrogen-bond acceptors (Lipinski definition) is 2. The molecular formula is C14H24O2. The van der Waals surface area contributed by atoms with Gasteiger partial charge in [-0.3, -0.25) is 0 Å². The minimum absolute atomic E-state index is 0.115. The van der Waals surface area contributed by atoms with Crippen LogP contribution in [0.1, 0.15) is 46.0 Å². The molecule has 1 saturated carbocycles. The predicted molar refractivity (Wildman–Crippen MR) is 63.0 cm³/mol. The molecule has 0 bridgehead atoms. The van der Waals surface area contributed by atoms with Crippen LogP contribution in [-0.2, 0) is 9.47 Å². The molecule has 3 rings (SSSR count). The first-order chi connectivity index (χ1) is 7.75. The van der Waals surface area contributed by atoms with Gasteiger partial charge in [-0.25, -0.2) is 0 Å². The quantitative estimate of drug-likeness (QED) is 0.629. The van der Waals surface area contributed by atoms with Gasteiger partial charge in [0.2, 0.25) is 0 Å². The summed E-state index contributed by atoms with van der Waals surface area (Å²) in [6, 6.07) is 0. The van der Waals surface area contributed by atoms with Crippen LogP contribution in [0.3, 0.4) is 0 Å². The van der Waals surface area contributed by atoms with Crippen LogP contribution in [0.25, 0.3) is 0 Å². The maximum Gasteiger partial charge on any atom is 0.161 e. The largest absolute Gasteiger partial charge is 0.352 e. The molecule has 2 aliphatic heterocycles. The lowest BCUT2D eigenvalue weighted by molar-refractivity contribution is -0.245. The fraction of sp³-hybridized carbons (Fsp3) is 1.00. The summed E-state index contributed by atoms with van der Waals surface area (Å²) >= 11 is 0. The van der Waals surface area contributed by atoms with Crippen molar-refractivity contribution < 1.29 is 9.47 Å². The van der Waals surface area contributed by atoms with E-state index in [1.165, 1.54) is 32.1 Å². The second-order valence-corrected chi connectivity index (χ2v) is 6.14. The van der Waals surface area contributed by atoms with Crippen molar-refractivity contribution in [2.45, 2.75) is 58.3 Å². The highest BCUT2D eigenvalue weighted by Crippen LogP contribution is 2.48. The minimum Gasteiger partial charge on any atom is -0.352 e. The SMILES string of the molecule is CC1CC[C@H]2CCC[C@@H]3C2[C@H](OC[C@@H]3C)O1. The Balaban J connectivity index is 1.85. The van der Waals surface area contributed by atoms with Gasteiger partial charge in [-0.05, 0) is 50.4 Å². The molecule has 0 aromatic carbocycles. The molecule has 92 valence electrons. The van der Waals surface area contributed by atoms with Gasteiger partial charge in [-0.15, -0.1) is 0 Å². The summed E-state index contributed by atoms with van der Waals surface area (Å²) in [7, 11) is 0. The third kappa shape index (κ3) is 1.80. The average molecular weight is 224 g/mol. The lowest BCUT2D eigenvalue weighted by Gasteiger charge is -2.47. The molecule has 2 unspecified atom stereocenters. The van der Waals surface area contributed by atoms with Crippen LogP contribution in [0.4, 0.5) is 0 Å². The summed E-state index contributed by atoms with van der Waals surface area (Å²) in [4.78, 5) is 0. The highest BCUT2D eigenvalue weighted by atomic mass is 16.7. The lowest BCUT2D eigenvalue weighted by atomic mass is 9.65. The topological polar surface area (TPSA) is 18.5 Å². The van der Waals surface area contributed by atoms with E-state index in [0.29, 0.717) is 12.0 Å². The van der Waals surface area contributed by atoms with Crippen molar-refractivity contribution in [3.63, 3.8) is 0 Å². The Morgan fingerprint density at radius 1 is 1.00 bits per heavy atom. The van der Waals surface area contributed by atoms with Crippen molar-refractivity contribution in [3.05, 3.63) is 0 Å². The first-order valence-corrected chi connectivity index (χ1v) is 7.03. The molecule has 6 atom stereocenters. The first-order valence-electron chi connectivity index (χ1n) is 7.03. The number of rotatable bonds is 0. The van der Waals surface area contributed by atoms with E-state index < -0.39 is 0 Å². The van der Waals surface area contributed by atoms with E-state index in [1.54, 1.807) is 0 Å². The van der Waals surface area contributed by atoms with E-state index in [-0.39, 0.29) is 6.29 Å². The van der Waals surface area contributed by atoms with E-state index in [4.69, 9.17) is 9.47 Å². The van der Waals surface area contributed by atoms with Crippen molar-refractivity contribution in [3.8, 4) is 0 Å². The van der Waals surface area contributed by atoms with Gasteiger partial charge in [-0.2, -0.15) is 0 Å². The van der Waals surface area contributed by atoms with E-state index in [9.17, 15) is 0 Å². The summed E-state index contributed by atoms with van der Waals surface area (Å²) in [5, 5.41) is 0. The Morgan fingerprint density at radius 2 is 1.88 bits per heavy atom. The van der Waals surface area contributed by atoms with E-state index in [2.05, 4.69) is 13.8 Å². The highest BCUT2D eigenvalue weighted by molar-refractivity contribution is 4.91. The van der Waals surface area contributed by atoms with Crippen molar-refractivity contribution in [2.75, 3.05) is 6.61 Å². The normalized spacial score (nSPS) is 52.9. The molecule has 2 saturated heterocycles. The number of hydrogen-bond donors (Lipinski definition) is 0. The van der Waals surface area contributed by atoms with Crippen LogP contribution in [0.15, 0.2) is 0 Å². The van der Waals surface area contributed by atoms with E-state index in [1.807, 2.05) is 0 Å². The Morgan fingerprint density at radius 3 is 2.75 bits per heavy atom. The molecular weight excluding hydrogens is 200 g/mol. The fourth-order valence-electron chi connectivity index (χ4n) is 4.13. The summed E-state index contributed by atoms with van der Waals surface area (Å²) in [5.41, 5.74) is 0. The van der Waals surface area contributed by atoms with E-state index in [0.717, 1.165) is 24.4 Å². The molecule has 0 radical (unpaired) electrons. The molecule has 16 heavy (non-hydrogen) atoms. The van der Waals surface area contributed by atoms with Gasteiger partial charge in [0, 0.05) is 5.92 Å². The van der Waals surface area contributed by atoms with Gasteiger partial charge in [0.25, 0.3) is 0 Å². The Hall–Kier alpha value is -0.0800. The third-order valence-corrected chi connectivity index (χ3v) is 5.03. The van der Waals surface area contributed by atoms with Gasteiger partial charge in [0.15, 0.2) is 6.29 Å². The maximum absolute atomic E-state index is 6.08. The van der Waals surface area contributed by atoms with Gasteiger partial charge in [0.1, 0.15) is 0 Å². The van der Waals surface area contributed by atoms with Gasteiger partial charge in [0.05, 0.1) is 12.7 Å². The lowest BCUT2D eigenvalue weighted by Crippen LogP contribution is -2.47. The summed E-state index contributed by atoms with van der Waals surface area (Å²) in [5.74, 6) is 3.17. The van der Waals surface area contributed by atoms with Gasteiger partial charge >= 0.3 is 0 Å². The summed E-state index contributed by atoms with van der Waals surface area (Å²) in [6.45, 7) is 5.47. The van der Waals surface area contributed by atoms with Crippen LogP contribution in [0, 0.1) is 23.7 Å². The smallest absolute Gasteiger partial charge is 0.161 e. The van der Waals surface area contributed by atoms with Crippen molar-refractivity contribution in [1.82, 2.24) is 0 Å². The van der Waals surface area contributed by atoms with Crippen LogP contribution in [-0.4, -0.2) is 19.0 Å². The molecule has 0 amide bonds. The zero-order valence-electron chi connectivity index (χ0n) is 10.5. The Bertz CT molecular complexity index is 253. The van der Waals surface area contributed by atoms with Gasteiger partial charge < -0.3 is 9.47 Å². The molecule has 2 heterocycles. The zero-order valence-corrected chi connectivity index (χ0v) is 10.5. The van der Waals surface area contributed by atoms with Crippen LogP contribution < -0.4 is 0 Å². The molecule has 0 spiro atoms. The Kier molecular flexibility index (Phi) is 2.97.